The number of benzene rings is 1. The number of imidazole rings is 1. The van der Waals surface area contributed by atoms with E-state index in [2.05, 4.69) is 23.3 Å². The number of hydrogen-bond donors (Lipinski definition) is 0. The van der Waals surface area contributed by atoms with Crippen molar-refractivity contribution < 1.29 is 4.74 Å². The van der Waals surface area contributed by atoms with Gasteiger partial charge in [-0.15, -0.1) is 0 Å². The SMILES string of the molecule is COCCn1c(=O)c2c(nc(-n3nc(C)cc3C)n2Cc2cc(C)ccc2C)n(C)c1=O. The van der Waals surface area contributed by atoms with Gasteiger partial charge in [0.25, 0.3) is 5.56 Å². The maximum Gasteiger partial charge on any atom is 0.332 e. The standard InChI is InChI=1S/C23H28N6O3/c1-14-7-8-15(2)18(11-14)13-28-19-20(24-22(28)29-17(4)12-16(3)25-29)26(5)23(31)27(21(19)30)9-10-32-6/h7-8,11-12H,9-10,13H2,1-6H3. The number of rotatable bonds is 6. The molecule has 9 nitrogen and oxygen atoms in total. The molecule has 0 atom stereocenters. The molecule has 0 radical (unpaired) electrons. The van der Waals surface area contributed by atoms with Gasteiger partial charge in [0.15, 0.2) is 11.2 Å². The molecule has 0 aliphatic carbocycles. The van der Waals surface area contributed by atoms with Gasteiger partial charge in [0.1, 0.15) is 0 Å². The zero-order chi connectivity index (χ0) is 23.2. The summed E-state index contributed by atoms with van der Waals surface area (Å²) >= 11 is 0. The average molecular weight is 437 g/mol. The maximum absolute atomic E-state index is 13.5. The first-order chi connectivity index (χ1) is 15.2. The second-order valence-electron chi connectivity index (χ2n) is 8.23. The minimum absolute atomic E-state index is 0.168. The highest BCUT2D eigenvalue weighted by Gasteiger charge is 2.23. The van der Waals surface area contributed by atoms with E-state index in [-0.39, 0.29) is 18.7 Å². The predicted octanol–water partition coefficient (Wildman–Crippen LogP) is 2.01. The van der Waals surface area contributed by atoms with Gasteiger partial charge < -0.3 is 4.74 Å². The monoisotopic (exact) mass is 436 g/mol. The van der Waals surface area contributed by atoms with Gasteiger partial charge in [-0.3, -0.25) is 18.5 Å². The summed E-state index contributed by atoms with van der Waals surface area (Å²) in [5, 5.41) is 4.59. The van der Waals surface area contributed by atoms with Crippen LogP contribution in [0, 0.1) is 27.7 Å². The lowest BCUT2D eigenvalue weighted by Crippen LogP contribution is -2.40. The molecule has 3 aromatic heterocycles. The van der Waals surface area contributed by atoms with Crippen molar-refractivity contribution in [2.45, 2.75) is 40.8 Å². The Morgan fingerprint density at radius 3 is 2.44 bits per heavy atom. The zero-order valence-electron chi connectivity index (χ0n) is 19.3. The second kappa shape index (κ2) is 8.23. The Labute approximate surface area is 185 Å². The Bertz CT molecular complexity index is 1440. The van der Waals surface area contributed by atoms with Crippen LogP contribution in [0.3, 0.4) is 0 Å². The Kier molecular flexibility index (Phi) is 5.60. The van der Waals surface area contributed by atoms with E-state index in [9.17, 15) is 9.59 Å². The highest BCUT2D eigenvalue weighted by molar-refractivity contribution is 5.73. The molecule has 168 valence electrons. The molecular weight excluding hydrogens is 408 g/mol. The molecule has 9 heteroatoms. The smallest absolute Gasteiger partial charge is 0.332 e. The van der Waals surface area contributed by atoms with Gasteiger partial charge in [0.2, 0.25) is 5.95 Å². The normalized spacial score (nSPS) is 11.6. The molecule has 0 fully saturated rings. The molecule has 0 N–H and O–H groups in total. The van der Waals surface area contributed by atoms with Crippen molar-refractivity contribution >= 4 is 11.2 Å². The number of fused-ring (bicyclic) bond motifs is 1. The fourth-order valence-corrected chi connectivity index (χ4v) is 4.02. The molecule has 0 aliphatic heterocycles. The number of aromatic nitrogens is 6. The van der Waals surface area contributed by atoms with Crippen LogP contribution in [0.5, 0.6) is 0 Å². The van der Waals surface area contributed by atoms with Crippen molar-refractivity contribution in [2.75, 3.05) is 13.7 Å². The molecule has 3 heterocycles. The maximum atomic E-state index is 13.5. The van der Waals surface area contributed by atoms with Gasteiger partial charge in [0.05, 0.1) is 25.4 Å². The molecule has 1 aromatic carbocycles. The Hall–Kier alpha value is -3.46. The van der Waals surface area contributed by atoms with Gasteiger partial charge in [-0.25, -0.2) is 9.48 Å². The largest absolute Gasteiger partial charge is 0.383 e. The molecule has 0 saturated carbocycles. The first-order valence-electron chi connectivity index (χ1n) is 10.5. The highest BCUT2D eigenvalue weighted by atomic mass is 16.5. The van der Waals surface area contributed by atoms with Gasteiger partial charge >= 0.3 is 5.69 Å². The van der Waals surface area contributed by atoms with E-state index in [1.54, 1.807) is 18.8 Å². The molecule has 0 bridgehead atoms. The third kappa shape index (κ3) is 3.58. The quantitative estimate of drug-likeness (QED) is 0.461. The van der Waals surface area contributed by atoms with Crippen LogP contribution in [-0.4, -0.2) is 42.2 Å². The van der Waals surface area contributed by atoms with Crippen LogP contribution in [0.4, 0.5) is 0 Å². The van der Waals surface area contributed by atoms with Crippen molar-refractivity contribution in [2.24, 2.45) is 7.05 Å². The summed E-state index contributed by atoms with van der Waals surface area (Å²) in [6.07, 6.45) is 0. The number of methoxy groups -OCH3 is 1. The van der Waals surface area contributed by atoms with Crippen LogP contribution in [0.15, 0.2) is 33.9 Å². The summed E-state index contributed by atoms with van der Waals surface area (Å²) in [5.74, 6) is 0.503. The van der Waals surface area contributed by atoms with Crippen molar-refractivity contribution in [1.29, 1.82) is 0 Å². The van der Waals surface area contributed by atoms with Gasteiger partial charge in [0, 0.05) is 19.9 Å². The zero-order valence-corrected chi connectivity index (χ0v) is 19.3. The average Bonchev–Trinajstić information content (AvgIpc) is 3.28. The molecule has 0 amide bonds. The van der Waals surface area contributed by atoms with Crippen molar-refractivity contribution in [3.05, 3.63) is 73.2 Å². The fraction of sp³-hybridized carbons (Fsp3) is 0.391. The minimum Gasteiger partial charge on any atom is -0.383 e. The van der Waals surface area contributed by atoms with Gasteiger partial charge in [-0.2, -0.15) is 10.1 Å². The Balaban J connectivity index is 2.07. The van der Waals surface area contributed by atoms with E-state index in [4.69, 9.17) is 9.72 Å². The van der Waals surface area contributed by atoms with E-state index in [1.165, 1.54) is 9.13 Å². The minimum atomic E-state index is -0.421. The summed E-state index contributed by atoms with van der Waals surface area (Å²) in [6.45, 7) is 8.79. The number of nitrogens with zero attached hydrogens (tertiary/aromatic N) is 6. The van der Waals surface area contributed by atoms with Crippen LogP contribution in [0.25, 0.3) is 17.1 Å². The molecule has 0 saturated heterocycles. The van der Waals surface area contributed by atoms with Crippen LogP contribution >= 0.6 is 0 Å². The number of ether oxygens (including phenoxy) is 1. The van der Waals surface area contributed by atoms with Crippen molar-refractivity contribution in [1.82, 2.24) is 28.5 Å². The van der Waals surface area contributed by atoms with Crippen LogP contribution in [0.1, 0.15) is 28.1 Å². The van der Waals surface area contributed by atoms with E-state index in [0.717, 1.165) is 28.1 Å². The summed E-state index contributed by atoms with van der Waals surface area (Å²) in [7, 11) is 3.17. The number of aryl methyl sites for hydroxylation is 5. The Morgan fingerprint density at radius 1 is 1.03 bits per heavy atom. The van der Waals surface area contributed by atoms with Crippen molar-refractivity contribution in [3.63, 3.8) is 0 Å². The lowest BCUT2D eigenvalue weighted by Gasteiger charge is -2.13. The van der Waals surface area contributed by atoms with Crippen LogP contribution in [-0.2, 0) is 24.9 Å². The Morgan fingerprint density at radius 2 is 1.78 bits per heavy atom. The molecule has 0 aliphatic rings. The third-order valence-corrected chi connectivity index (χ3v) is 5.76. The van der Waals surface area contributed by atoms with Gasteiger partial charge in [-0.05, 0) is 44.9 Å². The van der Waals surface area contributed by atoms with E-state index >= 15 is 0 Å². The predicted molar refractivity (Wildman–Crippen MR) is 123 cm³/mol. The molecule has 0 unspecified atom stereocenters. The summed E-state index contributed by atoms with van der Waals surface area (Å²) in [5.41, 5.74) is 4.96. The first kappa shape index (κ1) is 21.8. The topological polar surface area (TPSA) is 88.9 Å². The van der Waals surface area contributed by atoms with E-state index in [0.29, 0.717) is 23.7 Å². The number of hydrogen-bond acceptors (Lipinski definition) is 5. The lowest BCUT2D eigenvalue weighted by molar-refractivity contribution is 0.184. The fourth-order valence-electron chi connectivity index (χ4n) is 4.02. The van der Waals surface area contributed by atoms with E-state index in [1.807, 2.05) is 38.3 Å². The molecule has 32 heavy (non-hydrogen) atoms. The van der Waals surface area contributed by atoms with E-state index < -0.39 is 5.69 Å². The van der Waals surface area contributed by atoms with Gasteiger partial charge in [-0.1, -0.05) is 23.8 Å². The second-order valence-corrected chi connectivity index (χ2v) is 8.23. The third-order valence-electron chi connectivity index (χ3n) is 5.76. The lowest BCUT2D eigenvalue weighted by atomic mass is 10.1. The first-order valence-corrected chi connectivity index (χ1v) is 10.5. The summed E-state index contributed by atoms with van der Waals surface area (Å²) in [4.78, 5) is 31.1. The highest BCUT2D eigenvalue weighted by Crippen LogP contribution is 2.21. The molecule has 0 spiro atoms. The summed E-state index contributed by atoms with van der Waals surface area (Å²) in [6, 6.07) is 8.20. The molecule has 4 rings (SSSR count). The van der Waals surface area contributed by atoms with Crippen LogP contribution < -0.4 is 11.2 Å². The molecule has 4 aromatic rings. The molecular formula is C23H28N6O3. The summed E-state index contributed by atoms with van der Waals surface area (Å²) < 4.78 is 11.3. The van der Waals surface area contributed by atoms with Crippen LogP contribution in [0.2, 0.25) is 0 Å². The van der Waals surface area contributed by atoms with Crippen molar-refractivity contribution in [3.8, 4) is 5.95 Å².